The first-order valence-corrected chi connectivity index (χ1v) is 6.59. The lowest BCUT2D eigenvalue weighted by Crippen LogP contribution is -2.02. The number of halogens is 6. The molecule has 0 bridgehead atoms. The predicted octanol–water partition coefficient (Wildman–Crippen LogP) is 5.37. The smallest absolute Gasteiger partial charge is 0.398 e. The van der Waals surface area contributed by atoms with Crippen LogP contribution < -0.4 is 5.73 Å². The number of aromatic nitrogens is 1. The standard InChI is InChI=1S/C10H4Cl3F3N2S/c11-4-2-5(12)6(17)1-3(4)8-7(13)9(19-18-8)10(14,15)16/h1-2H,17H2. The number of nitrogens with two attached hydrogens (primary N) is 1. The van der Waals surface area contributed by atoms with E-state index in [1.165, 1.54) is 12.1 Å². The quantitative estimate of drug-likeness (QED) is 0.704. The van der Waals surface area contributed by atoms with Gasteiger partial charge >= 0.3 is 6.18 Å². The molecule has 0 saturated heterocycles. The first-order valence-electron chi connectivity index (χ1n) is 4.69. The van der Waals surface area contributed by atoms with E-state index in [1.807, 2.05) is 0 Å². The topological polar surface area (TPSA) is 38.9 Å². The van der Waals surface area contributed by atoms with E-state index in [-0.39, 0.29) is 38.5 Å². The molecule has 2 rings (SSSR count). The van der Waals surface area contributed by atoms with Crippen molar-refractivity contribution in [1.82, 2.24) is 4.37 Å². The van der Waals surface area contributed by atoms with Crippen molar-refractivity contribution in [1.29, 1.82) is 0 Å². The molecule has 1 heterocycles. The Morgan fingerprint density at radius 2 is 1.74 bits per heavy atom. The van der Waals surface area contributed by atoms with Gasteiger partial charge in [-0.05, 0) is 23.7 Å². The molecule has 0 saturated carbocycles. The fourth-order valence-corrected chi connectivity index (χ4v) is 2.90. The van der Waals surface area contributed by atoms with Crippen LogP contribution in [0.2, 0.25) is 15.1 Å². The molecule has 0 aliphatic rings. The molecule has 0 fully saturated rings. The molecule has 0 aliphatic carbocycles. The normalized spacial score (nSPS) is 11.9. The predicted molar refractivity (Wildman–Crippen MR) is 72.0 cm³/mol. The lowest BCUT2D eigenvalue weighted by atomic mass is 10.1. The Kier molecular flexibility index (Phi) is 3.88. The first-order chi connectivity index (χ1) is 8.71. The number of hydrogen-bond donors (Lipinski definition) is 1. The number of benzene rings is 1. The summed E-state index contributed by atoms with van der Waals surface area (Å²) in [7, 11) is 0. The second-order valence-electron chi connectivity index (χ2n) is 3.53. The number of anilines is 1. The average molecular weight is 348 g/mol. The minimum absolute atomic E-state index is 0.0626. The Morgan fingerprint density at radius 1 is 1.11 bits per heavy atom. The van der Waals surface area contributed by atoms with Crippen LogP contribution in [0, 0.1) is 0 Å². The summed E-state index contributed by atoms with van der Waals surface area (Å²) >= 11 is 17.6. The molecule has 102 valence electrons. The van der Waals surface area contributed by atoms with Crippen molar-refractivity contribution >= 4 is 52.0 Å². The van der Waals surface area contributed by atoms with E-state index in [0.717, 1.165) is 0 Å². The van der Waals surface area contributed by atoms with Gasteiger partial charge in [-0.15, -0.1) is 0 Å². The molecule has 0 unspecified atom stereocenters. The highest BCUT2D eigenvalue weighted by Gasteiger charge is 2.37. The van der Waals surface area contributed by atoms with Gasteiger partial charge in [0.15, 0.2) is 0 Å². The van der Waals surface area contributed by atoms with Crippen molar-refractivity contribution in [3.05, 3.63) is 32.1 Å². The lowest BCUT2D eigenvalue weighted by molar-refractivity contribution is -0.134. The van der Waals surface area contributed by atoms with Crippen LogP contribution in [0.15, 0.2) is 12.1 Å². The second-order valence-corrected chi connectivity index (χ2v) is 5.49. The summed E-state index contributed by atoms with van der Waals surface area (Å²) < 4.78 is 41.6. The van der Waals surface area contributed by atoms with E-state index in [2.05, 4.69) is 4.37 Å². The van der Waals surface area contributed by atoms with Gasteiger partial charge in [0.25, 0.3) is 0 Å². The Balaban J connectivity index is 2.61. The number of nitrogen functional groups attached to an aromatic ring is 1. The van der Waals surface area contributed by atoms with Crippen LogP contribution in [-0.4, -0.2) is 4.37 Å². The number of hydrogen-bond acceptors (Lipinski definition) is 3. The summed E-state index contributed by atoms with van der Waals surface area (Å²) in [5.74, 6) is 0. The van der Waals surface area contributed by atoms with Gasteiger partial charge in [0, 0.05) is 5.56 Å². The van der Waals surface area contributed by atoms with Gasteiger partial charge < -0.3 is 5.73 Å². The van der Waals surface area contributed by atoms with Gasteiger partial charge in [-0.2, -0.15) is 17.5 Å². The van der Waals surface area contributed by atoms with Crippen molar-refractivity contribution in [2.45, 2.75) is 6.18 Å². The molecule has 0 aliphatic heterocycles. The molecule has 0 atom stereocenters. The number of nitrogens with zero attached hydrogens (tertiary/aromatic N) is 1. The minimum Gasteiger partial charge on any atom is -0.398 e. The monoisotopic (exact) mass is 346 g/mol. The Bertz CT molecular complexity index is 640. The molecule has 1 aromatic heterocycles. The van der Waals surface area contributed by atoms with Gasteiger partial charge in [0.2, 0.25) is 0 Å². The molecule has 0 spiro atoms. The third kappa shape index (κ3) is 2.76. The summed E-state index contributed by atoms with van der Waals surface area (Å²) in [6, 6.07) is 2.67. The Hall–Kier alpha value is -0.690. The highest BCUT2D eigenvalue weighted by Crippen LogP contribution is 2.44. The van der Waals surface area contributed by atoms with E-state index in [9.17, 15) is 13.2 Å². The third-order valence-corrected chi connectivity index (χ3v) is 4.25. The van der Waals surface area contributed by atoms with E-state index in [1.54, 1.807) is 0 Å². The van der Waals surface area contributed by atoms with Gasteiger partial charge in [-0.25, -0.2) is 0 Å². The fraction of sp³-hybridized carbons (Fsp3) is 0.100. The highest BCUT2D eigenvalue weighted by molar-refractivity contribution is 7.07. The van der Waals surface area contributed by atoms with Gasteiger partial charge in [-0.3, -0.25) is 0 Å². The summed E-state index contributed by atoms with van der Waals surface area (Å²) in [6.45, 7) is 0. The van der Waals surface area contributed by atoms with Crippen molar-refractivity contribution in [3.63, 3.8) is 0 Å². The van der Waals surface area contributed by atoms with Crippen LogP contribution in [0.3, 0.4) is 0 Å². The maximum atomic E-state index is 12.6. The zero-order valence-corrected chi connectivity index (χ0v) is 11.9. The lowest BCUT2D eigenvalue weighted by Gasteiger charge is -2.06. The zero-order chi connectivity index (χ0) is 14.4. The van der Waals surface area contributed by atoms with E-state index in [0.29, 0.717) is 0 Å². The average Bonchev–Trinajstić information content (AvgIpc) is 2.65. The maximum absolute atomic E-state index is 12.6. The van der Waals surface area contributed by atoms with Crippen molar-refractivity contribution < 1.29 is 13.2 Å². The molecule has 9 heteroatoms. The summed E-state index contributed by atoms with van der Waals surface area (Å²) in [5.41, 5.74) is 5.91. The summed E-state index contributed by atoms with van der Waals surface area (Å²) in [4.78, 5) is -0.978. The second kappa shape index (κ2) is 5.01. The van der Waals surface area contributed by atoms with Crippen molar-refractivity contribution in [3.8, 4) is 11.3 Å². The Labute approximate surface area is 125 Å². The Morgan fingerprint density at radius 3 is 2.26 bits per heavy atom. The van der Waals surface area contributed by atoms with Crippen LogP contribution in [0.1, 0.15) is 4.88 Å². The molecule has 19 heavy (non-hydrogen) atoms. The van der Waals surface area contributed by atoms with Crippen LogP contribution >= 0.6 is 46.3 Å². The molecule has 0 radical (unpaired) electrons. The van der Waals surface area contributed by atoms with Gasteiger partial charge in [0.1, 0.15) is 10.6 Å². The minimum atomic E-state index is -4.56. The summed E-state index contributed by atoms with van der Waals surface area (Å²) in [5, 5.41) is -0.169. The molecular formula is C10H4Cl3F3N2S. The van der Waals surface area contributed by atoms with Crippen LogP contribution in [0.4, 0.5) is 18.9 Å². The molecule has 2 aromatic rings. The van der Waals surface area contributed by atoms with E-state index in [4.69, 9.17) is 40.5 Å². The van der Waals surface area contributed by atoms with Crippen LogP contribution in [-0.2, 0) is 6.18 Å². The molecule has 1 aromatic carbocycles. The molecule has 2 N–H and O–H groups in total. The molecular weight excluding hydrogens is 344 g/mol. The van der Waals surface area contributed by atoms with Gasteiger partial charge in [0.05, 0.1) is 20.8 Å². The SMILES string of the molecule is Nc1cc(-c2nsc(C(F)(F)F)c2Cl)c(Cl)cc1Cl. The van der Waals surface area contributed by atoms with Crippen molar-refractivity contribution in [2.75, 3.05) is 5.73 Å². The van der Waals surface area contributed by atoms with Crippen LogP contribution in [0.5, 0.6) is 0 Å². The van der Waals surface area contributed by atoms with Gasteiger partial charge in [-0.1, -0.05) is 34.8 Å². The fourth-order valence-electron chi connectivity index (χ4n) is 1.37. The third-order valence-electron chi connectivity index (χ3n) is 2.23. The van der Waals surface area contributed by atoms with E-state index < -0.39 is 16.1 Å². The zero-order valence-electron chi connectivity index (χ0n) is 8.86. The van der Waals surface area contributed by atoms with E-state index >= 15 is 0 Å². The number of alkyl halides is 3. The molecule has 2 nitrogen and oxygen atoms in total. The highest BCUT2D eigenvalue weighted by atomic mass is 35.5. The largest absolute Gasteiger partial charge is 0.428 e. The first kappa shape index (κ1) is 14.7. The number of rotatable bonds is 1. The van der Waals surface area contributed by atoms with Crippen LogP contribution in [0.25, 0.3) is 11.3 Å². The maximum Gasteiger partial charge on any atom is 0.428 e. The molecule has 0 amide bonds. The summed E-state index contributed by atoms with van der Waals surface area (Å²) in [6.07, 6.45) is -4.56. The van der Waals surface area contributed by atoms with Crippen molar-refractivity contribution in [2.24, 2.45) is 0 Å².